The zero-order valence-corrected chi connectivity index (χ0v) is 9.91. The van der Waals surface area contributed by atoms with E-state index in [9.17, 15) is 4.79 Å². The summed E-state index contributed by atoms with van der Waals surface area (Å²) in [6.45, 7) is 2.31. The standard InChI is InChI=1S/C13H13NO4/c1-2-16-13-11-9(12(15)17-13)10(14-18-11)8-6-4-3-5-7-8/h3-7,9,11,13H,2H2,1H3/t9-,11+,13+/m1/s1. The maximum Gasteiger partial charge on any atom is 0.321 e. The second-order valence-electron chi connectivity index (χ2n) is 4.15. The van der Waals surface area contributed by atoms with Crippen molar-refractivity contribution in [3.63, 3.8) is 0 Å². The molecule has 0 bridgehead atoms. The quantitative estimate of drug-likeness (QED) is 0.756. The van der Waals surface area contributed by atoms with Crippen molar-refractivity contribution in [3.8, 4) is 0 Å². The maximum absolute atomic E-state index is 11.9. The summed E-state index contributed by atoms with van der Waals surface area (Å²) in [5, 5.41) is 4.01. The predicted octanol–water partition coefficient (Wildman–Crippen LogP) is 1.33. The number of fused-ring (bicyclic) bond motifs is 1. The maximum atomic E-state index is 11.9. The third kappa shape index (κ3) is 1.67. The number of esters is 1. The number of hydrogen-bond donors (Lipinski definition) is 0. The lowest BCUT2D eigenvalue weighted by Gasteiger charge is -2.13. The highest BCUT2D eigenvalue weighted by Crippen LogP contribution is 2.33. The molecule has 1 aromatic carbocycles. The van der Waals surface area contributed by atoms with E-state index in [-0.39, 0.29) is 5.97 Å². The fourth-order valence-corrected chi connectivity index (χ4v) is 2.23. The number of rotatable bonds is 3. The van der Waals surface area contributed by atoms with Gasteiger partial charge in [0.2, 0.25) is 12.4 Å². The molecule has 18 heavy (non-hydrogen) atoms. The van der Waals surface area contributed by atoms with Crippen molar-refractivity contribution in [3.05, 3.63) is 35.9 Å². The molecule has 0 amide bonds. The summed E-state index contributed by atoms with van der Waals surface area (Å²) in [5.41, 5.74) is 1.49. The molecule has 0 radical (unpaired) electrons. The smallest absolute Gasteiger partial charge is 0.321 e. The summed E-state index contributed by atoms with van der Waals surface area (Å²) in [4.78, 5) is 17.2. The van der Waals surface area contributed by atoms with Crippen LogP contribution in [0.4, 0.5) is 0 Å². The minimum atomic E-state index is -0.655. The van der Waals surface area contributed by atoms with Gasteiger partial charge in [0.15, 0.2) is 0 Å². The highest BCUT2D eigenvalue weighted by molar-refractivity contribution is 6.13. The van der Waals surface area contributed by atoms with E-state index in [1.54, 1.807) is 0 Å². The molecular formula is C13H13NO4. The number of carbonyl (C=O) groups excluding carboxylic acids is 1. The van der Waals surface area contributed by atoms with E-state index in [4.69, 9.17) is 14.3 Å². The zero-order valence-electron chi connectivity index (χ0n) is 9.91. The highest BCUT2D eigenvalue weighted by atomic mass is 16.8. The van der Waals surface area contributed by atoms with Crippen molar-refractivity contribution in [2.75, 3.05) is 6.61 Å². The van der Waals surface area contributed by atoms with Crippen molar-refractivity contribution in [1.82, 2.24) is 0 Å². The Bertz CT molecular complexity index is 485. The van der Waals surface area contributed by atoms with Crippen LogP contribution in [0.15, 0.2) is 35.5 Å². The Morgan fingerprint density at radius 1 is 1.33 bits per heavy atom. The van der Waals surface area contributed by atoms with Crippen LogP contribution in [-0.4, -0.2) is 30.7 Å². The fourth-order valence-electron chi connectivity index (χ4n) is 2.23. The zero-order chi connectivity index (χ0) is 12.5. The minimum Gasteiger partial charge on any atom is -0.431 e. The molecule has 94 valence electrons. The first-order valence-electron chi connectivity index (χ1n) is 5.92. The van der Waals surface area contributed by atoms with Gasteiger partial charge in [-0.3, -0.25) is 4.79 Å². The lowest BCUT2D eigenvalue weighted by Crippen LogP contribution is -2.30. The second kappa shape index (κ2) is 4.42. The number of cyclic esters (lactones) is 1. The van der Waals surface area contributed by atoms with Crippen molar-refractivity contribution in [2.45, 2.75) is 19.3 Å². The van der Waals surface area contributed by atoms with E-state index < -0.39 is 18.3 Å². The van der Waals surface area contributed by atoms with E-state index in [0.717, 1.165) is 5.56 Å². The van der Waals surface area contributed by atoms with E-state index >= 15 is 0 Å². The Labute approximate surface area is 104 Å². The first-order chi connectivity index (χ1) is 8.81. The van der Waals surface area contributed by atoms with Crippen molar-refractivity contribution >= 4 is 11.7 Å². The van der Waals surface area contributed by atoms with Gasteiger partial charge in [0.25, 0.3) is 0 Å². The van der Waals surface area contributed by atoms with E-state index in [0.29, 0.717) is 12.3 Å². The summed E-state index contributed by atoms with van der Waals surface area (Å²) < 4.78 is 10.5. The Hall–Kier alpha value is -1.88. The van der Waals surface area contributed by atoms with Gasteiger partial charge < -0.3 is 14.3 Å². The molecular weight excluding hydrogens is 234 g/mol. The molecule has 5 heteroatoms. The van der Waals surface area contributed by atoms with Crippen LogP contribution >= 0.6 is 0 Å². The number of nitrogens with zero attached hydrogens (tertiary/aromatic N) is 1. The third-order valence-electron chi connectivity index (χ3n) is 3.05. The van der Waals surface area contributed by atoms with E-state index in [1.165, 1.54) is 0 Å². The van der Waals surface area contributed by atoms with E-state index in [2.05, 4.69) is 5.16 Å². The van der Waals surface area contributed by atoms with Crippen LogP contribution in [0.3, 0.4) is 0 Å². The summed E-state index contributed by atoms with van der Waals surface area (Å²) in [6.07, 6.45) is -1.12. The predicted molar refractivity (Wildman–Crippen MR) is 62.8 cm³/mol. The van der Waals surface area contributed by atoms with Crippen molar-refractivity contribution < 1.29 is 19.1 Å². The summed E-state index contributed by atoms with van der Waals surface area (Å²) in [7, 11) is 0. The number of oxime groups is 1. The molecule has 2 aliphatic heterocycles. The number of ether oxygens (including phenoxy) is 2. The van der Waals surface area contributed by atoms with Crippen LogP contribution in [0.25, 0.3) is 0 Å². The minimum absolute atomic E-state index is 0.335. The van der Waals surface area contributed by atoms with Crippen LogP contribution in [0.1, 0.15) is 12.5 Å². The molecule has 0 spiro atoms. The van der Waals surface area contributed by atoms with Gasteiger partial charge in [0.1, 0.15) is 11.6 Å². The summed E-state index contributed by atoms with van der Waals surface area (Å²) >= 11 is 0. The van der Waals surface area contributed by atoms with Gasteiger partial charge in [0, 0.05) is 12.2 Å². The molecule has 1 aromatic rings. The average Bonchev–Trinajstić information content (AvgIpc) is 2.94. The Kier molecular flexibility index (Phi) is 2.76. The van der Waals surface area contributed by atoms with Gasteiger partial charge in [-0.1, -0.05) is 35.5 Å². The third-order valence-corrected chi connectivity index (χ3v) is 3.05. The number of carbonyl (C=O) groups is 1. The SMILES string of the molecule is CCO[C@H]1OC(=O)[C@@H]2C(c3ccccc3)=NO[C@H]12. The van der Waals surface area contributed by atoms with Gasteiger partial charge >= 0.3 is 5.97 Å². The summed E-state index contributed by atoms with van der Waals surface area (Å²) in [5.74, 6) is -0.817. The average molecular weight is 247 g/mol. The lowest BCUT2D eigenvalue weighted by atomic mass is 9.94. The highest BCUT2D eigenvalue weighted by Gasteiger charge is 2.54. The molecule has 0 N–H and O–H groups in total. The Morgan fingerprint density at radius 2 is 2.11 bits per heavy atom. The number of benzene rings is 1. The van der Waals surface area contributed by atoms with Crippen LogP contribution < -0.4 is 0 Å². The van der Waals surface area contributed by atoms with Crippen molar-refractivity contribution in [1.29, 1.82) is 0 Å². The molecule has 0 aromatic heterocycles. The molecule has 1 fully saturated rings. The molecule has 5 nitrogen and oxygen atoms in total. The second-order valence-corrected chi connectivity index (χ2v) is 4.15. The van der Waals surface area contributed by atoms with Gasteiger partial charge in [-0.15, -0.1) is 0 Å². The largest absolute Gasteiger partial charge is 0.431 e. The van der Waals surface area contributed by atoms with Gasteiger partial charge in [-0.05, 0) is 6.92 Å². The van der Waals surface area contributed by atoms with Gasteiger partial charge in [-0.2, -0.15) is 0 Å². The Morgan fingerprint density at radius 3 is 2.83 bits per heavy atom. The van der Waals surface area contributed by atoms with Crippen LogP contribution in [-0.2, 0) is 19.1 Å². The molecule has 0 unspecified atom stereocenters. The Balaban J connectivity index is 1.87. The van der Waals surface area contributed by atoms with Gasteiger partial charge in [0.05, 0.1) is 0 Å². The van der Waals surface area contributed by atoms with Gasteiger partial charge in [-0.25, -0.2) is 0 Å². The molecule has 2 aliphatic rings. The molecule has 3 atom stereocenters. The van der Waals surface area contributed by atoms with Crippen molar-refractivity contribution in [2.24, 2.45) is 11.1 Å². The lowest BCUT2D eigenvalue weighted by molar-refractivity contribution is -0.177. The van der Waals surface area contributed by atoms with Crippen LogP contribution in [0, 0.1) is 5.92 Å². The molecule has 3 rings (SSSR count). The monoisotopic (exact) mass is 247 g/mol. The molecule has 0 saturated carbocycles. The first-order valence-corrected chi connectivity index (χ1v) is 5.92. The summed E-state index contributed by atoms with van der Waals surface area (Å²) in [6, 6.07) is 9.49. The fraction of sp³-hybridized carbons (Fsp3) is 0.385. The van der Waals surface area contributed by atoms with E-state index in [1.807, 2.05) is 37.3 Å². The topological polar surface area (TPSA) is 57.1 Å². The van der Waals surface area contributed by atoms with Crippen LogP contribution in [0.2, 0.25) is 0 Å². The molecule has 1 saturated heterocycles. The molecule has 0 aliphatic carbocycles. The normalized spacial score (nSPS) is 29.5. The number of hydrogen-bond acceptors (Lipinski definition) is 5. The first kappa shape index (κ1) is 11.2. The molecule has 2 heterocycles. The van der Waals surface area contributed by atoms with Crippen LogP contribution in [0.5, 0.6) is 0 Å².